The van der Waals surface area contributed by atoms with E-state index >= 15 is 0 Å². The fraction of sp³-hybridized carbons (Fsp3) is 0.231. The maximum atomic E-state index is 13.1. The molecule has 17 heavy (non-hydrogen) atoms. The number of hydrogen-bond acceptors (Lipinski definition) is 2. The van der Waals surface area contributed by atoms with Crippen molar-refractivity contribution in [2.45, 2.75) is 19.9 Å². The molecule has 1 aromatic heterocycles. The minimum absolute atomic E-state index is 0.196. The lowest BCUT2D eigenvalue weighted by Crippen LogP contribution is -2.13. The third-order valence-electron chi connectivity index (χ3n) is 2.83. The summed E-state index contributed by atoms with van der Waals surface area (Å²) < 4.78 is 14.1. The first-order valence-electron chi connectivity index (χ1n) is 5.26. The first-order chi connectivity index (χ1) is 7.99. The Kier molecular flexibility index (Phi) is 3.66. The highest BCUT2D eigenvalue weighted by atomic mass is 79.9. The van der Waals surface area contributed by atoms with Crippen molar-refractivity contribution >= 4 is 27.3 Å². The van der Waals surface area contributed by atoms with Crippen molar-refractivity contribution in [3.8, 4) is 0 Å². The van der Waals surface area contributed by atoms with Crippen LogP contribution < -0.4 is 5.73 Å². The van der Waals surface area contributed by atoms with Crippen LogP contribution in [0.2, 0.25) is 0 Å². The van der Waals surface area contributed by atoms with Gasteiger partial charge in [0, 0.05) is 4.88 Å². The van der Waals surface area contributed by atoms with E-state index in [-0.39, 0.29) is 11.9 Å². The van der Waals surface area contributed by atoms with E-state index in [1.54, 1.807) is 17.4 Å². The summed E-state index contributed by atoms with van der Waals surface area (Å²) in [4.78, 5) is 1.19. The van der Waals surface area contributed by atoms with Crippen LogP contribution in [0.25, 0.3) is 0 Å². The average molecular weight is 314 g/mol. The minimum Gasteiger partial charge on any atom is -0.320 e. The lowest BCUT2D eigenvalue weighted by Gasteiger charge is -2.14. The molecule has 0 aliphatic carbocycles. The molecule has 1 nitrogen and oxygen atoms in total. The molecule has 0 bridgehead atoms. The van der Waals surface area contributed by atoms with E-state index in [1.807, 2.05) is 19.9 Å². The summed E-state index contributed by atoms with van der Waals surface area (Å²) >= 11 is 5.12. The molecular weight excluding hydrogens is 301 g/mol. The van der Waals surface area contributed by atoms with Crippen molar-refractivity contribution in [1.82, 2.24) is 0 Å². The molecule has 1 atom stereocenters. The van der Waals surface area contributed by atoms with Crippen LogP contribution in [-0.4, -0.2) is 0 Å². The third-order valence-corrected chi connectivity index (χ3v) is 4.40. The number of benzene rings is 1. The van der Waals surface area contributed by atoms with Gasteiger partial charge >= 0.3 is 0 Å². The molecular formula is C13H13BrFNS. The maximum absolute atomic E-state index is 13.1. The van der Waals surface area contributed by atoms with E-state index < -0.39 is 0 Å². The van der Waals surface area contributed by atoms with Crippen LogP contribution in [0.1, 0.15) is 27.6 Å². The normalized spacial score (nSPS) is 12.8. The highest BCUT2D eigenvalue weighted by molar-refractivity contribution is 9.11. The predicted molar refractivity (Wildman–Crippen MR) is 73.9 cm³/mol. The van der Waals surface area contributed by atoms with Crippen LogP contribution in [0.5, 0.6) is 0 Å². The topological polar surface area (TPSA) is 26.0 Å². The van der Waals surface area contributed by atoms with Gasteiger partial charge in [-0.15, -0.1) is 11.3 Å². The van der Waals surface area contributed by atoms with E-state index in [0.717, 1.165) is 20.5 Å². The zero-order valence-electron chi connectivity index (χ0n) is 9.63. The molecule has 2 rings (SSSR count). The monoisotopic (exact) mass is 313 g/mol. The molecule has 0 fully saturated rings. The van der Waals surface area contributed by atoms with Gasteiger partial charge in [0.2, 0.25) is 0 Å². The van der Waals surface area contributed by atoms with Gasteiger partial charge < -0.3 is 5.73 Å². The zero-order chi connectivity index (χ0) is 12.6. The Morgan fingerprint density at radius 3 is 2.47 bits per heavy atom. The van der Waals surface area contributed by atoms with Gasteiger partial charge in [-0.1, -0.05) is 6.07 Å². The quantitative estimate of drug-likeness (QED) is 0.878. The highest BCUT2D eigenvalue weighted by Gasteiger charge is 2.16. The Morgan fingerprint density at radius 2 is 1.94 bits per heavy atom. The second-order valence-electron chi connectivity index (χ2n) is 4.04. The molecule has 0 saturated heterocycles. The molecule has 1 aromatic carbocycles. The van der Waals surface area contributed by atoms with Crippen LogP contribution in [-0.2, 0) is 0 Å². The van der Waals surface area contributed by atoms with E-state index in [2.05, 4.69) is 15.9 Å². The smallest absolute Gasteiger partial charge is 0.123 e. The number of aryl methyl sites for hydroxylation is 2. The molecule has 0 aliphatic rings. The lowest BCUT2D eigenvalue weighted by molar-refractivity contribution is 0.624. The van der Waals surface area contributed by atoms with Crippen molar-refractivity contribution in [3.63, 3.8) is 0 Å². The van der Waals surface area contributed by atoms with Crippen molar-refractivity contribution in [2.75, 3.05) is 0 Å². The molecule has 1 heterocycles. The molecule has 0 saturated carbocycles. The summed E-state index contributed by atoms with van der Waals surface area (Å²) in [5.41, 5.74) is 9.20. The summed E-state index contributed by atoms with van der Waals surface area (Å²) in [6.45, 7) is 3.93. The van der Waals surface area contributed by atoms with E-state index in [4.69, 9.17) is 5.73 Å². The second-order valence-corrected chi connectivity index (χ2v) is 6.68. The van der Waals surface area contributed by atoms with Crippen LogP contribution in [0.4, 0.5) is 4.39 Å². The highest BCUT2D eigenvalue weighted by Crippen LogP contribution is 2.33. The van der Waals surface area contributed by atoms with Gasteiger partial charge in [-0.2, -0.15) is 0 Å². The van der Waals surface area contributed by atoms with Gasteiger partial charge in [0.1, 0.15) is 5.82 Å². The SMILES string of the molecule is Cc1cc(F)ccc1C(N)c1cc(Br)sc1C. The fourth-order valence-corrected chi connectivity index (χ4v) is 3.68. The molecule has 0 spiro atoms. The molecule has 0 aliphatic heterocycles. The number of nitrogens with two attached hydrogens (primary N) is 1. The summed E-state index contributed by atoms with van der Waals surface area (Å²) in [6, 6.07) is 6.58. The van der Waals surface area contributed by atoms with Crippen LogP contribution >= 0.6 is 27.3 Å². The lowest BCUT2D eigenvalue weighted by atomic mass is 9.96. The van der Waals surface area contributed by atoms with E-state index in [9.17, 15) is 4.39 Å². The number of hydrogen-bond donors (Lipinski definition) is 1. The molecule has 90 valence electrons. The molecule has 0 radical (unpaired) electrons. The standard InChI is InChI=1S/C13H13BrFNS/c1-7-5-9(15)3-4-10(7)13(16)11-6-12(14)17-8(11)2/h3-6,13H,16H2,1-2H3. The Morgan fingerprint density at radius 1 is 1.24 bits per heavy atom. The van der Waals surface area contributed by atoms with Crippen molar-refractivity contribution < 1.29 is 4.39 Å². The number of thiophene rings is 1. The summed E-state index contributed by atoms with van der Waals surface area (Å²) in [5.74, 6) is -0.221. The largest absolute Gasteiger partial charge is 0.320 e. The molecule has 2 aromatic rings. The van der Waals surface area contributed by atoms with Gasteiger partial charge in [-0.25, -0.2) is 4.39 Å². The third kappa shape index (κ3) is 2.59. The van der Waals surface area contributed by atoms with Gasteiger partial charge in [0.15, 0.2) is 0 Å². The number of rotatable bonds is 2. The van der Waals surface area contributed by atoms with E-state index in [0.29, 0.717) is 0 Å². The Bertz CT molecular complexity index is 550. The summed E-state index contributed by atoms with van der Waals surface area (Å²) in [5, 5.41) is 0. The summed E-state index contributed by atoms with van der Waals surface area (Å²) in [7, 11) is 0. The van der Waals surface area contributed by atoms with Crippen molar-refractivity contribution in [2.24, 2.45) is 5.73 Å². The molecule has 1 unspecified atom stereocenters. The fourth-order valence-electron chi connectivity index (χ4n) is 1.92. The zero-order valence-corrected chi connectivity index (χ0v) is 12.0. The van der Waals surface area contributed by atoms with Gasteiger partial charge in [-0.05, 0) is 64.7 Å². The van der Waals surface area contributed by atoms with Crippen LogP contribution in [0, 0.1) is 19.7 Å². The first-order valence-corrected chi connectivity index (χ1v) is 6.87. The number of halogens is 2. The van der Waals surface area contributed by atoms with E-state index in [1.165, 1.54) is 17.0 Å². The molecule has 4 heteroatoms. The average Bonchev–Trinajstić information content (AvgIpc) is 2.57. The Labute approximate surface area is 113 Å². The molecule has 2 N–H and O–H groups in total. The molecule has 0 amide bonds. The minimum atomic E-state index is -0.221. The van der Waals surface area contributed by atoms with Gasteiger partial charge in [0.25, 0.3) is 0 Å². The van der Waals surface area contributed by atoms with Crippen molar-refractivity contribution in [3.05, 3.63) is 55.4 Å². The van der Waals surface area contributed by atoms with Crippen molar-refractivity contribution in [1.29, 1.82) is 0 Å². The Balaban J connectivity index is 2.43. The predicted octanol–water partition coefficient (Wildman–Crippen LogP) is 4.31. The second kappa shape index (κ2) is 4.88. The maximum Gasteiger partial charge on any atom is 0.123 e. The van der Waals surface area contributed by atoms with Gasteiger partial charge in [0.05, 0.1) is 9.83 Å². The summed E-state index contributed by atoms with van der Waals surface area (Å²) in [6.07, 6.45) is 0. The first kappa shape index (κ1) is 12.7. The van der Waals surface area contributed by atoms with Crippen LogP contribution in [0.15, 0.2) is 28.1 Å². The van der Waals surface area contributed by atoms with Crippen LogP contribution in [0.3, 0.4) is 0 Å². The van der Waals surface area contributed by atoms with Gasteiger partial charge in [-0.3, -0.25) is 0 Å². The Hall–Kier alpha value is -0.710.